The maximum absolute atomic E-state index is 11.9. The Labute approximate surface area is 213 Å². The van der Waals surface area contributed by atoms with E-state index in [0.29, 0.717) is 6.61 Å². The highest BCUT2D eigenvalue weighted by Crippen LogP contribution is 2.28. The number of ether oxygens (including phenoxy) is 3. The second kappa shape index (κ2) is 12.9. The van der Waals surface area contributed by atoms with Gasteiger partial charge in [-0.05, 0) is 56.1 Å². The second-order valence-electron chi connectivity index (χ2n) is 9.00. The lowest BCUT2D eigenvalue weighted by atomic mass is 9.96. The number of carbonyl (C=O) groups excluding carboxylic acids is 2. The number of carbonyl (C=O) groups is 2. The number of hydrogen-bond acceptors (Lipinski definition) is 6. The summed E-state index contributed by atoms with van der Waals surface area (Å²) in [7, 11) is 4.62. The highest BCUT2D eigenvalue weighted by Gasteiger charge is 2.28. The third-order valence-corrected chi connectivity index (χ3v) is 6.27. The Hall–Kier alpha value is -3.64. The van der Waals surface area contributed by atoms with E-state index in [2.05, 4.69) is 74.3 Å². The van der Waals surface area contributed by atoms with Gasteiger partial charge in [-0.2, -0.15) is 0 Å². The van der Waals surface area contributed by atoms with Gasteiger partial charge in [0.1, 0.15) is 12.4 Å². The van der Waals surface area contributed by atoms with Crippen LogP contribution in [0.2, 0.25) is 0 Å². The van der Waals surface area contributed by atoms with Crippen molar-refractivity contribution < 1.29 is 23.8 Å². The van der Waals surface area contributed by atoms with Crippen LogP contribution in [0.15, 0.2) is 72.8 Å². The van der Waals surface area contributed by atoms with Crippen molar-refractivity contribution in [3.8, 4) is 5.75 Å². The number of nitrogens with zero attached hydrogens (tertiary/aromatic N) is 1. The quantitative estimate of drug-likeness (QED) is 0.282. The normalized spacial score (nSPS) is 11.1. The summed E-state index contributed by atoms with van der Waals surface area (Å²) in [5.41, 5.74) is 5.77. The van der Waals surface area contributed by atoms with E-state index in [-0.39, 0.29) is 12.5 Å². The summed E-state index contributed by atoms with van der Waals surface area (Å²) < 4.78 is 15.5. The standard InChI is InChI=1S/C30H35NO5/c1-21-6-12-24(13-7-21)28(25-14-8-22(2)9-15-25)31(3)18-19-36-26-16-10-23(11-17-26)20-27(29(32)34-4)30(33)35-5/h6-17,27-28H,18-20H2,1-5H3. The molecule has 0 atom stereocenters. The Morgan fingerprint density at radius 2 is 1.22 bits per heavy atom. The van der Waals surface area contributed by atoms with E-state index in [1.165, 1.54) is 36.5 Å². The van der Waals surface area contributed by atoms with E-state index in [9.17, 15) is 9.59 Å². The summed E-state index contributed by atoms with van der Waals surface area (Å²) in [4.78, 5) is 26.2. The highest BCUT2D eigenvalue weighted by molar-refractivity contribution is 5.95. The first-order chi connectivity index (χ1) is 17.3. The van der Waals surface area contributed by atoms with Gasteiger partial charge in [-0.3, -0.25) is 14.5 Å². The van der Waals surface area contributed by atoms with Crippen molar-refractivity contribution in [1.29, 1.82) is 0 Å². The van der Waals surface area contributed by atoms with Crippen molar-refractivity contribution in [3.05, 3.63) is 101 Å². The van der Waals surface area contributed by atoms with Gasteiger partial charge in [0.05, 0.1) is 20.3 Å². The van der Waals surface area contributed by atoms with Gasteiger partial charge in [0.2, 0.25) is 0 Å². The minimum Gasteiger partial charge on any atom is -0.492 e. The molecule has 0 aliphatic rings. The molecule has 36 heavy (non-hydrogen) atoms. The van der Waals surface area contributed by atoms with Crippen LogP contribution in [0.4, 0.5) is 0 Å². The van der Waals surface area contributed by atoms with E-state index in [4.69, 9.17) is 14.2 Å². The number of methoxy groups -OCH3 is 2. The summed E-state index contributed by atoms with van der Waals surface area (Å²) in [5, 5.41) is 0. The first-order valence-corrected chi connectivity index (χ1v) is 12.0. The van der Waals surface area contributed by atoms with E-state index >= 15 is 0 Å². The Morgan fingerprint density at radius 1 is 0.750 bits per heavy atom. The summed E-state index contributed by atoms with van der Waals surface area (Å²) in [6.45, 7) is 5.43. The molecule has 6 heteroatoms. The number of aryl methyl sites for hydroxylation is 2. The number of hydrogen-bond donors (Lipinski definition) is 0. The lowest BCUT2D eigenvalue weighted by molar-refractivity contribution is -0.158. The van der Waals surface area contributed by atoms with Crippen LogP contribution in [0.5, 0.6) is 5.75 Å². The van der Waals surface area contributed by atoms with Crippen LogP contribution in [0.25, 0.3) is 0 Å². The fraction of sp³-hybridized carbons (Fsp3) is 0.333. The minimum atomic E-state index is -0.985. The molecule has 0 heterocycles. The Balaban J connectivity index is 1.63. The minimum absolute atomic E-state index is 0.116. The molecule has 0 spiro atoms. The number of esters is 2. The summed E-state index contributed by atoms with van der Waals surface area (Å²) >= 11 is 0. The van der Waals surface area contributed by atoms with Gasteiger partial charge in [0, 0.05) is 6.54 Å². The topological polar surface area (TPSA) is 65.1 Å². The summed E-state index contributed by atoms with van der Waals surface area (Å²) in [6, 6.07) is 24.8. The molecule has 0 unspecified atom stereocenters. The predicted octanol–water partition coefficient (Wildman–Crippen LogP) is 4.91. The molecule has 0 bridgehead atoms. The Bertz CT molecular complexity index is 1060. The van der Waals surface area contributed by atoms with Crippen molar-refractivity contribution in [2.75, 3.05) is 34.4 Å². The van der Waals surface area contributed by atoms with Gasteiger partial charge in [-0.15, -0.1) is 0 Å². The molecule has 190 valence electrons. The van der Waals surface area contributed by atoms with Crippen LogP contribution < -0.4 is 4.74 Å². The summed E-state index contributed by atoms with van der Waals surface area (Å²) in [5.74, 6) is -1.48. The second-order valence-corrected chi connectivity index (χ2v) is 9.00. The van der Waals surface area contributed by atoms with Gasteiger partial charge >= 0.3 is 11.9 Å². The molecular formula is C30H35NO5. The highest BCUT2D eigenvalue weighted by atomic mass is 16.5. The van der Waals surface area contributed by atoms with Crippen molar-refractivity contribution in [3.63, 3.8) is 0 Å². The number of likely N-dealkylation sites (N-methyl/N-ethyl adjacent to an activating group) is 1. The molecule has 0 aromatic heterocycles. The first kappa shape index (κ1) is 27.0. The average molecular weight is 490 g/mol. The van der Waals surface area contributed by atoms with Crippen molar-refractivity contribution in [2.45, 2.75) is 26.3 Å². The predicted molar refractivity (Wildman–Crippen MR) is 140 cm³/mol. The van der Waals surface area contributed by atoms with Crippen LogP contribution in [-0.2, 0) is 25.5 Å². The largest absolute Gasteiger partial charge is 0.492 e. The average Bonchev–Trinajstić information content (AvgIpc) is 2.89. The van der Waals surface area contributed by atoms with Gasteiger partial charge in [0.15, 0.2) is 5.92 Å². The molecule has 0 N–H and O–H groups in total. The molecule has 0 saturated heterocycles. The van der Waals surface area contributed by atoms with E-state index in [0.717, 1.165) is 17.9 Å². The molecule has 0 aliphatic heterocycles. The number of rotatable bonds is 11. The third-order valence-electron chi connectivity index (χ3n) is 6.27. The van der Waals surface area contributed by atoms with Crippen LogP contribution in [0.1, 0.15) is 33.9 Å². The maximum Gasteiger partial charge on any atom is 0.320 e. The molecule has 0 radical (unpaired) electrons. The monoisotopic (exact) mass is 489 g/mol. The summed E-state index contributed by atoms with van der Waals surface area (Å²) in [6.07, 6.45) is 0.206. The van der Waals surface area contributed by atoms with Gasteiger partial charge < -0.3 is 14.2 Å². The number of benzene rings is 3. The van der Waals surface area contributed by atoms with Gasteiger partial charge in [-0.1, -0.05) is 71.8 Å². The maximum atomic E-state index is 11.9. The zero-order valence-electron chi connectivity index (χ0n) is 21.7. The van der Waals surface area contributed by atoms with Crippen molar-refractivity contribution >= 4 is 11.9 Å². The van der Waals surface area contributed by atoms with Gasteiger partial charge in [0.25, 0.3) is 0 Å². The third kappa shape index (κ3) is 7.18. The first-order valence-electron chi connectivity index (χ1n) is 12.0. The van der Waals surface area contributed by atoms with Gasteiger partial charge in [-0.25, -0.2) is 0 Å². The molecule has 3 aromatic rings. The van der Waals surface area contributed by atoms with Crippen LogP contribution in [-0.4, -0.2) is 51.3 Å². The smallest absolute Gasteiger partial charge is 0.320 e. The molecule has 0 aliphatic carbocycles. The van der Waals surface area contributed by atoms with E-state index in [1.807, 2.05) is 24.3 Å². The van der Waals surface area contributed by atoms with E-state index < -0.39 is 17.9 Å². The van der Waals surface area contributed by atoms with Crippen molar-refractivity contribution in [1.82, 2.24) is 4.90 Å². The lowest BCUT2D eigenvalue weighted by Gasteiger charge is -2.29. The molecule has 0 amide bonds. The van der Waals surface area contributed by atoms with E-state index in [1.54, 1.807) is 0 Å². The molecular weight excluding hydrogens is 454 g/mol. The molecule has 3 aromatic carbocycles. The molecule has 0 saturated carbocycles. The van der Waals surface area contributed by atoms with Crippen LogP contribution in [0, 0.1) is 19.8 Å². The van der Waals surface area contributed by atoms with Crippen molar-refractivity contribution in [2.24, 2.45) is 5.92 Å². The van der Waals surface area contributed by atoms with Crippen LogP contribution >= 0.6 is 0 Å². The fourth-order valence-electron chi connectivity index (χ4n) is 4.14. The molecule has 6 nitrogen and oxygen atoms in total. The Kier molecular flexibility index (Phi) is 9.65. The lowest BCUT2D eigenvalue weighted by Crippen LogP contribution is -2.30. The molecule has 3 rings (SSSR count). The SMILES string of the molecule is COC(=O)C(Cc1ccc(OCCN(C)C(c2ccc(C)cc2)c2ccc(C)cc2)cc1)C(=O)OC. The zero-order valence-corrected chi connectivity index (χ0v) is 21.7. The van der Waals surface area contributed by atoms with Crippen LogP contribution in [0.3, 0.4) is 0 Å². The zero-order chi connectivity index (χ0) is 26.1. The molecule has 0 fully saturated rings. The fourth-order valence-corrected chi connectivity index (χ4v) is 4.14. The Morgan fingerprint density at radius 3 is 1.67 bits per heavy atom.